The lowest BCUT2D eigenvalue weighted by atomic mass is 9.95. The van der Waals surface area contributed by atoms with Gasteiger partial charge in [0.15, 0.2) is 0 Å². The average molecular weight is 335 g/mol. The zero-order valence-corrected chi connectivity index (χ0v) is 14.3. The standard InChI is InChI=1S/C14H23ClN2O3S/c1-9(2)7-14(4,18)8-17-21(19,20)13-6-12(16)11(15)5-10(13)3/h5-6,9,17-18H,7-8,16H2,1-4H3. The highest BCUT2D eigenvalue weighted by Crippen LogP contribution is 2.26. The molecule has 0 fully saturated rings. The van der Waals surface area contributed by atoms with Crippen LogP contribution in [0.15, 0.2) is 17.0 Å². The molecule has 7 heteroatoms. The van der Waals surface area contributed by atoms with E-state index < -0.39 is 15.6 Å². The molecule has 120 valence electrons. The van der Waals surface area contributed by atoms with Crippen molar-refractivity contribution in [1.29, 1.82) is 0 Å². The van der Waals surface area contributed by atoms with Crippen LogP contribution >= 0.6 is 11.6 Å². The summed E-state index contributed by atoms with van der Waals surface area (Å²) in [5.41, 5.74) is 5.27. The number of nitrogens with one attached hydrogen (secondary N) is 1. The molecule has 0 bridgehead atoms. The minimum Gasteiger partial charge on any atom is -0.397 e. The lowest BCUT2D eigenvalue weighted by molar-refractivity contribution is 0.0436. The van der Waals surface area contributed by atoms with E-state index in [9.17, 15) is 13.5 Å². The number of sulfonamides is 1. The average Bonchev–Trinajstić information content (AvgIpc) is 2.30. The van der Waals surface area contributed by atoms with Crippen LogP contribution in [0.25, 0.3) is 0 Å². The number of halogens is 1. The molecule has 0 radical (unpaired) electrons. The number of anilines is 1. The van der Waals surface area contributed by atoms with Crippen molar-refractivity contribution in [1.82, 2.24) is 4.72 Å². The van der Waals surface area contributed by atoms with E-state index in [4.69, 9.17) is 17.3 Å². The van der Waals surface area contributed by atoms with Gasteiger partial charge in [0.25, 0.3) is 0 Å². The van der Waals surface area contributed by atoms with Crippen molar-refractivity contribution in [3.8, 4) is 0 Å². The Labute approximate surface area is 131 Å². The molecule has 0 saturated heterocycles. The first-order valence-electron chi connectivity index (χ1n) is 6.72. The van der Waals surface area contributed by atoms with Gasteiger partial charge in [-0.3, -0.25) is 0 Å². The van der Waals surface area contributed by atoms with Crippen molar-refractivity contribution in [2.24, 2.45) is 5.92 Å². The van der Waals surface area contributed by atoms with Crippen molar-refractivity contribution in [3.05, 3.63) is 22.7 Å². The first kappa shape index (κ1) is 18.2. The quantitative estimate of drug-likeness (QED) is 0.696. The molecule has 0 aliphatic rings. The van der Waals surface area contributed by atoms with Crippen LogP contribution in [0.1, 0.15) is 32.8 Å². The molecule has 21 heavy (non-hydrogen) atoms. The fraction of sp³-hybridized carbons (Fsp3) is 0.571. The molecule has 5 nitrogen and oxygen atoms in total. The Morgan fingerprint density at radius 1 is 1.43 bits per heavy atom. The van der Waals surface area contributed by atoms with Crippen molar-refractivity contribution in [2.45, 2.75) is 44.6 Å². The van der Waals surface area contributed by atoms with E-state index in [0.29, 0.717) is 17.0 Å². The van der Waals surface area contributed by atoms with Crippen LogP contribution in [0.2, 0.25) is 5.02 Å². The van der Waals surface area contributed by atoms with Gasteiger partial charge in [-0.2, -0.15) is 0 Å². The van der Waals surface area contributed by atoms with Crippen LogP contribution in [-0.2, 0) is 10.0 Å². The third-order valence-corrected chi connectivity index (χ3v) is 4.95. The van der Waals surface area contributed by atoms with Gasteiger partial charge in [0.05, 0.1) is 21.2 Å². The highest BCUT2D eigenvalue weighted by Gasteiger charge is 2.26. The number of hydrogen-bond acceptors (Lipinski definition) is 4. The highest BCUT2D eigenvalue weighted by atomic mass is 35.5. The number of rotatable bonds is 6. The fourth-order valence-corrected chi connectivity index (χ4v) is 3.88. The maximum Gasteiger partial charge on any atom is 0.241 e. The Kier molecular flexibility index (Phi) is 5.66. The van der Waals surface area contributed by atoms with Gasteiger partial charge in [0.2, 0.25) is 10.0 Å². The second-order valence-corrected chi connectivity index (χ2v) is 8.20. The number of nitrogens with two attached hydrogens (primary N) is 1. The minimum atomic E-state index is -3.75. The van der Waals surface area contributed by atoms with Gasteiger partial charge < -0.3 is 10.8 Å². The van der Waals surface area contributed by atoms with Crippen molar-refractivity contribution >= 4 is 27.3 Å². The number of aliphatic hydroxyl groups is 1. The summed E-state index contributed by atoms with van der Waals surface area (Å²) in [4.78, 5) is 0.0738. The summed E-state index contributed by atoms with van der Waals surface area (Å²) >= 11 is 5.86. The molecule has 1 aromatic rings. The molecule has 4 N–H and O–H groups in total. The summed E-state index contributed by atoms with van der Waals surface area (Å²) in [6.45, 7) is 7.13. The second-order valence-electron chi connectivity index (χ2n) is 6.06. The van der Waals surface area contributed by atoms with Gasteiger partial charge in [-0.25, -0.2) is 13.1 Å². The van der Waals surface area contributed by atoms with Crippen LogP contribution in [0.5, 0.6) is 0 Å². The minimum absolute atomic E-state index is 0.0600. The monoisotopic (exact) mass is 334 g/mol. The summed E-state index contributed by atoms with van der Waals surface area (Å²) in [5, 5.41) is 10.5. The second kappa shape index (κ2) is 6.52. The Morgan fingerprint density at radius 2 is 2.00 bits per heavy atom. The van der Waals surface area contributed by atoms with Crippen LogP contribution in [0, 0.1) is 12.8 Å². The smallest absolute Gasteiger partial charge is 0.241 e. The molecule has 0 spiro atoms. The van der Waals surface area contributed by atoms with E-state index in [-0.39, 0.29) is 23.0 Å². The van der Waals surface area contributed by atoms with Crippen LogP contribution < -0.4 is 10.5 Å². The Hall–Kier alpha value is -0.820. The van der Waals surface area contributed by atoms with Crippen LogP contribution in [-0.4, -0.2) is 25.7 Å². The van der Waals surface area contributed by atoms with E-state index in [1.54, 1.807) is 13.8 Å². The number of hydrogen-bond donors (Lipinski definition) is 3. The Balaban J connectivity index is 2.95. The summed E-state index contributed by atoms with van der Waals surface area (Å²) in [5.74, 6) is 0.261. The van der Waals surface area contributed by atoms with E-state index in [1.807, 2.05) is 13.8 Å². The van der Waals surface area contributed by atoms with E-state index in [1.165, 1.54) is 12.1 Å². The molecule has 0 heterocycles. The molecular formula is C14H23ClN2O3S. The third kappa shape index (κ3) is 5.14. The van der Waals surface area contributed by atoms with Gasteiger partial charge in [-0.05, 0) is 43.9 Å². The third-order valence-electron chi connectivity index (χ3n) is 3.07. The molecule has 0 aliphatic heterocycles. The van der Waals surface area contributed by atoms with Gasteiger partial charge in [0.1, 0.15) is 0 Å². The molecule has 0 amide bonds. The zero-order chi connectivity index (χ0) is 16.4. The van der Waals surface area contributed by atoms with Crippen molar-refractivity contribution in [3.63, 3.8) is 0 Å². The van der Waals surface area contributed by atoms with E-state index in [0.717, 1.165) is 0 Å². The summed E-state index contributed by atoms with van der Waals surface area (Å²) < 4.78 is 27.1. The summed E-state index contributed by atoms with van der Waals surface area (Å²) in [7, 11) is -3.75. The molecule has 0 saturated carbocycles. The molecule has 1 aromatic carbocycles. The van der Waals surface area contributed by atoms with Crippen molar-refractivity contribution in [2.75, 3.05) is 12.3 Å². The maximum absolute atomic E-state index is 12.3. The lowest BCUT2D eigenvalue weighted by Gasteiger charge is -2.25. The lowest BCUT2D eigenvalue weighted by Crippen LogP contribution is -2.41. The van der Waals surface area contributed by atoms with E-state index in [2.05, 4.69) is 4.72 Å². The molecular weight excluding hydrogens is 312 g/mol. The van der Waals surface area contributed by atoms with Gasteiger partial charge >= 0.3 is 0 Å². The number of nitrogen functional groups attached to an aromatic ring is 1. The first-order valence-corrected chi connectivity index (χ1v) is 8.58. The predicted octanol–water partition coefficient (Wildman–Crippen LogP) is 2.31. The summed E-state index contributed by atoms with van der Waals surface area (Å²) in [6.07, 6.45) is 0.497. The molecule has 0 aliphatic carbocycles. The fourth-order valence-electron chi connectivity index (χ4n) is 2.24. The SMILES string of the molecule is Cc1cc(Cl)c(N)cc1S(=O)(=O)NCC(C)(O)CC(C)C. The van der Waals surface area contributed by atoms with Gasteiger partial charge in [-0.1, -0.05) is 25.4 Å². The highest BCUT2D eigenvalue weighted by molar-refractivity contribution is 7.89. The first-order chi connectivity index (χ1) is 9.44. The molecule has 0 aromatic heterocycles. The largest absolute Gasteiger partial charge is 0.397 e. The Morgan fingerprint density at radius 3 is 2.52 bits per heavy atom. The summed E-state index contributed by atoms with van der Waals surface area (Å²) in [6, 6.07) is 2.84. The van der Waals surface area contributed by atoms with Gasteiger partial charge in [0, 0.05) is 6.54 Å². The van der Waals surface area contributed by atoms with E-state index >= 15 is 0 Å². The Bertz CT molecular complexity index is 613. The zero-order valence-electron chi connectivity index (χ0n) is 12.8. The molecule has 1 atom stereocenters. The molecule has 1 unspecified atom stereocenters. The normalized spacial score (nSPS) is 15.2. The van der Waals surface area contributed by atoms with Crippen molar-refractivity contribution < 1.29 is 13.5 Å². The topological polar surface area (TPSA) is 92.4 Å². The number of benzene rings is 1. The molecule has 1 rings (SSSR count). The van der Waals surface area contributed by atoms with Gasteiger partial charge in [-0.15, -0.1) is 0 Å². The van der Waals surface area contributed by atoms with Crippen LogP contribution in [0.4, 0.5) is 5.69 Å². The maximum atomic E-state index is 12.3. The number of aryl methyl sites for hydroxylation is 1. The predicted molar refractivity (Wildman–Crippen MR) is 85.9 cm³/mol. The van der Waals surface area contributed by atoms with Crippen LogP contribution in [0.3, 0.4) is 0 Å².